The Morgan fingerprint density at radius 3 is 2.62 bits per heavy atom. The van der Waals surface area contributed by atoms with Gasteiger partial charge in [0.2, 0.25) is 0 Å². The topological polar surface area (TPSA) is 20.2 Å². The molecule has 0 aromatic heterocycles. The highest BCUT2D eigenvalue weighted by atomic mass is 16.3. The van der Waals surface area contributed by atoms with Gasteiger partial charge in [0.05, 0.1) is 5.60 Å². The Morgan fingerprint density at radius 2 is 2.00 bits per heavy atom. The molecular formula is C12H20O. The van der Waals surface area contributed by atoms with Gasteiger partial charge < -0.3 is 5.11 Å². The summed E-state index contributed by atoms with van der Waals surface area (Å²) in [5.74, 6) is 3.28. The van der Waals surface area contributed by atoms with Crippen LogP contribution in [0.5, 0.6) is 0 Å². The lowest BCUT2D eigenvalue weighted by Gasteiger charge is -2.12. The van der Waals surface area contributed by atoms with Gasteiger partial charge in [-0.2, -0.15) is 0 Å². The molecule has 3 saturated carbocycles. The maximum atomic E-state index is 10.4. The molecule has 1 heteroatoms. The third-order valence-corrected chi connectivity index (χ3v) is 4.74. The molecule has 1 N–H and O–H groups in total. The van der Waals surface area contributed by atoms with Crippen LogP contribution in [0.15, 0.2) is 0 Å². The maximum absolute atomic E-state index is 10.4. The van der Waals surface area contributed by atoms with Gasteiger partial charge in [0.1, 0.15) is 0 Å². The fourth-order valence-corrected chi connectivity index (χ4v) is 4.01. The minimum absolute atomic E-state index is 0.175. The van der Waals surface area contributed by atoms with Crippen molar-refractivity contribution < 1.29 is 5.11 Å². The zero-order valence-electron chi connectivity index (χ0n) is 8.50. The lowest BCUT2D eigenvalue weighted by Crippen LogP contribution is -2.17. The standard InChI is InChI=1S/C12H20O/c1-2-4-8-7-12(8,13)11-9-5-3-6-10(9)11/h8-11,13H,2-7H2,1H3. The molecule has 3 rings (SSSR count). The van der Waals surface area contributed by atoms with Crippen LogP contribution in [0.2, 0.25) is 0 Å². The van der Waals surface area contributed by atoms with Crippen LogP contribution in [0.3, 0.4) is 0 Å². The molecular weight excluding hydrogens is 160 g/mol. The van der Waals surface area contributed by atoms with Crippen LogP contribution in [0.1, 0.15) is 45.4 Å². The predicted octanol–water partition coefficient (Wildman–Crippen LogP) is 2.58. The zero-order chi connectivity index (χ0) is 9.05. The first-order valence-electron chi connectivity index (χ1n) is 5.99. The minimum atomic E-state index is -0.175. The van der Waals surface area contributed by atoms with Crippen molar-refractivity contribution in [1.29, 1.82) is 0 Å². The van der Waals surface area contributed by atoms with E-state index in [-0.39, 0.29) is 5.60 Å². The van der Waals surface area contributed by atoms with Crippen LogP contribution in [0.25, 0.3) is 0 Å². The van der Waals surface area contributed by atoms with E-state index >= 15 is 0 Å². The zero-order valence-corrected chi connectivity index (χ0v) is 8.50. The number of hydrogen-bond acceptors (Lipinski definition) is 1. The van der Waals surface area contributed by atoms with Gasteiger partial charge in [-0.05, 0) is 49.4 Å². The molecule has 0 saturated heterocycles. The van der Waals surface area contributed by atoms with Crippen molar-refractivity contribution in [1.82, 2.24) is 0 Å². The van der Waals surface area contributed by atoms with Gasteiger partial charge in [-0.1, -0.05) is 19.8 Å². The highest BCUT2D eigenvalue weighted by Crippen LogP contribution is 2.70. The van der Waals surface area contributed by atoms with E-state index < -0.39 is 0 Å². The van der Waals surface area contributed by atoms with E-state index in [0.717, 1.165) is 24.2 Å². The number of aliphatic hydroxyl groups is 1. The summed E-state index contributed by atoms with van der Waals surface area (Å²) in [5, 5.41) is 10.4. The van der Waals surface area contributed by atoms with E-state index in [9.17, 15) is 5.11 Å². The Kier molecular flexibility index (Phi) is 1.59. The van der Waals surface area contributed by atoms with Crippen molar-refractivity contribution in [3.8, 4) is 0 Å². The Bertz CT molecular complexity index is 215. The van der Waals surface area contributed by atoms with Crippen LogP contribution >= 0.6 is 0 Å². The number of hydrogen-bond donors (Lipinski definition) is 1. The molecule has 3 aliphatic carbocycles. The Balaban J connectivity index is 1.62. The molecule has 0 radical (unpaired) electrons. The van der Waals surface area contributed by atoms with E-state index in [4.69, 9.17) is 0 Å². The van der Waals surface area contributed by atoms with Gasteiger partial charge in [0, 0.05) is 0 Å². The van der Waals surface area contributed by atoms with E-state index in [2.05, 4.69) is 6.92 Å². The van der Waals surface area contributed by atoms with Gasteiger partial charge in [-0.3, -0.25) is 0 Å². The van der Waals surface area contributed by atoms with Crippen molar-refractivity contribution in [2.75, 3.05) is 0 Å². The van der Waals surface area contributed by atoms with Gasteiger partial charge in [-0.15, -0.1) is 0 Å². The highest BCUT2D eigenvalue weighted by Gasteiger charge is 2.70. The fraction of sp³-hybridized carbons (Fsp3) is 1.00. The normalized spacial score (nSPS) is 57.7. The average Bonchev–Trinajstić information content (AvgIpc) is 2.90. The summed E-state index contributed by atoms with van der Waals surface area (Å²) in [5.41, 5.74) is -0.175. The summed E-state index contributed by atoms with van der Waals surface area (Å²) in [6.07, 6.45) is 7.88. The molecule has 4 atom stereocenters. The molecule has 0 aromatic carbocycles. The first-order valence-corrected chi connectivity index (χ1v) is 5.99. The summed E-state index contributed by atoms with van der Waals surface area (Å²) >= 11 is 0. The lowest BCUT2D eigenvalue weighted by atomic mass is 10.0. The molecule has 4 unspecified atom stereocenters. The van der Waals surface area contributed by atoms with Crippen LogP contribution < -0.4 is 0 Å². The van der Waals surface area contributed by atoms with Crippen molar-refractivity contribution in [2.45, 2.75) is 51.0 Å². The van der Waals surface area contributed by atoms with Crippen LogP contribution in [-0.4, -0.2) is 10.7 Å². The van der Waals surface area contributed by atoms with Crippen molar-refractivity contribution in [3.05, 3.63) is 0 Å². The summed E-state index contributed by atoms with van der Waals surface area (Å²) in [6.45, 7) is 2.23. The molecule has 74 valence electrons. The Morgan fingerprint density at radius 1 is 1.31 bits per heavy atom. The largest absolute Gasteiger partial charge is 0.389 e. The first kappa shape index (κ1) is 8.28. The maximum Gasteiger partial charge on any atom is 0.0714 e. The average molecular weight is 180 g/mol. The lowest BCUT2D eigenvalue weighted by molar-refractivity contribution is 0.0902. The third-order valence-electron chi connectivity index (χ3n) is 4.74. The van der Waals surface area contributed by atoms with E-state index in [1.165, 1.54) is 32.1 Å². The molecule has 0 spiro atoms. The van der Waals surface area contributed by atoms with E-state index in [1.54, 1.807) is 0 Å². The molecule has 13 heavy (non-hydrogen) atoms. The molecule has 3 aliphatic rings. The third kappa shape index (κ3) is 1.03. The van der Waals surface area contributed by atoms with E-state index in [1.807, 2.05) is 0 Å². The molecule has 1 nitrogen and oxygen atoms in total. The smallest absolute Gasteiger partial charge is 0.0714 e. The van der Waals surface area contributed by atoms with Crippen LogP contribution in [0, 0.1) is 23.7 Å². The summed E-state index contributed by atoms with van der Waals surface area (Å²) in [4.78, 5) is 0. The second kappa shape index (κ2) is 2.50. The Hall–Kier alpha value is -0.0400. The molecule has 3 fully saturated rings. The van der Waals surface area contributed by atoms with Crippen molar-refractivity contribution in [2.24, 2.45) is 23.7 Å². The molecule has 0 bridgehead atoms. The van der Waals surface area contributed by atoms with Gasteiger partial charge in [-0.25, -0.2) is 0 Å². The molecule has 0 aliphatic heterocycles. The summed E-state index contributed by atoms with van der Waals surface area (Å²) in [6, 6.07) is 0. The highest BCUT2D eigenvalue weighted by molar-refractivity contribution is 5.19. The fourth-order valence-electron chi connectivity index (χ4n) is 4.01. The Labute approximate surface area is 80.5 Å². The van der Waals surface area contributed by atoms with E-state index in [0.29, 0.717) is 5.92 Å². The second-order valence-electron chi connectivity index (χ2n) is 5.47. The summed E-state index contributed by atoms with van der Waals surface area (Å²) < 4.78 is 0. The van der Waals surface area contributed by atoms with Crippen LogP contribution in [-0.2, 0) is 0 Å². The molecule has 0 heterocycles. The predicted molar refractivity (Wildman–Crippen MR) is 52.3 cm³/mol. The quantitative estimate of drug-likeness (QED) is 0.707. The summed E-state index contributed by atoms with van der Waals surface area (Å²) in [7, 11) is 0. The minimum Gasteiger partial charge on any atom is -0.389 e. The van der Waals surface area contributed by atoms with Crippen molar-refractivity contribution >= 4 is 0 Å². The monoisotopic (exact) mass is 180 g/mol. The van der Waals surface area contributed by atoms with Gasteiger partial charge in [0.25, 0.3) is 0 Å². The number of rotatable bonds is 3. The van der Waals surface area contributed by atoms with Gasteiger partial charge >= 0.3 is 0 Å². The first-order chi connectivity index (χ1) is 6.27. The number of fused-ring (bicyclic) bond motifs is 1. The molecule has 0 amide bonds. The second-order valence-corrected chi connectivity index (χ2v) is 5.47. The SMILES string of the molecule is CCCC1CC1(O)C1C2CCCC21. The molecule has 0 aromatic rings. The van der Waals surface area contributed by atoms with Crippen LogP contribution in [0.4, 0.5) is 0 Å². The van der Waals surface area contributed by atoms with Crippen molar-refractivity contribution in [3.63, 3.8) is 0 Å². The van der Waals surface area contributed by atoms with Gasteiger partial charge in [0.15, 0.2) is 0 Å².